The number of ether oxygens (including phenoxy) is 1. The molecule has 0 aliphatic heterocycles. The average Bonchev–Trinajstić information content (AvgIpc) is 2.87. The summed E-state index contributed by atoms with van der Waals surface area (Å²) >= 11 is 0. The molecule has 0 fully saturated rings. The van der Waals surface area contributed by atoms with Gasteiger partial charge in [0.1, 0.15) is 29.5 Å². The first kappa shape index (κ1) is 12.7. The molecule has 1 heterocycles. The topological polar surface area (TPSA) is 48.4 Å². The second-order valence-electron chi connectivity index (χ2n) is 4.54. The van der Waals surface area contributed by atoms with Gasteiger partial charge in [0.25, 0.3) is 0 Å². The quantitative estimate of drug-likeness (QED) is 0.788. The fourth-order valence-corrected chi connectivity index (χ4v) is 2.04. The largest absolute Gasteiger partial charge is 0.486 e. The van der Waals surface area contributed by atoms with E-state index >= 15 is 0 Å². The van der Waals surface area contributed by atoms with Gasteiger partial charge < -0.3 is 14.9 Å². The predicted molar refractivity (Wildman–Crippen MR) is 74.8 cm³/mol. The maximum Gasteiger partial charge on any atom is 0.146 e. The van der Waals surface area contributed by atoms with Crippen molar-refractivity contribution < 1.29 is 13.5 Å². The fraction of sp³-hybridized carbons (Fsp3) is 0.125. The van der Waals surface area contributed by atoms with Crippen LogP contribution in [0.5, 0.6) is 5.75 Å². The van der Waals surface area contributed by atoms with Gasteiger partial charge in [-0.1, -0.05) is 18.2 Å². The lowest BCUT2D eigenvalue weighted by atomic mass is 10.2. The van der Waals surface area contributed by atoms with Crippen LogP contribution in [0.25, 0.3) is 11.0 Å². The Balaban J connectivity index is 1.77. The normalized spacial score (nSPS) is 10.9. The van der Waals surface area contributed by atoms with Gasteiger partial charge in [0.05, 0.1) is 0 Å². The summed E-state index contributed by atoms with van der Waals surface area (Å²) in [6, 6.07) is 13.8. The highest BCUT2D eigenvalue weighted by Crippen LogP contribution is 2.22. The molecule has 102 valence electrons. The van der Waals surface area contributed by atoms with Gasteiger partial charge in [-0.15, -0.1) is 0 Å². The Labute approximate surface area is 115 Å². The molecule has 0 bridgehead atoms. The first-order valence-corrected chi connectivity index (χ1v) is 6.34. The van der Waals surface area contributed by atoms with Crippen LogP contribution in [-0.4, -0.2) is 0 Å². The average molecular weight is 271 g/mol. The van der Waals surface area contributed by atoms with Crippen LogP contribution in [0.2, 0.25) is 0 Å². The molecule has 0 amide bonds. The lowest BCUT2D eigenvalue weighted by molar-refractivity contribution is 0.273. The van der Waals surface area contributed by atoms with E-state index in [1.54, 1.807) is 12.1 Å². The van der Waals surface area contributed by atoms with E-state index in [1.165, 1.54) is 12.1 Å². The Morgan fingerprint density at radius 3 is 2.80 bits per heavy atom. The lowest BCUT2D eigenvalue weighted by Crippen LogP contribution is -1.94. The third-order valence-electron chi connectivity index (χ3n) is 3.05. The predicted octanol–water partition coefficient (Wildman–Crippen LogP) is 3.61. The van der Waals surface area contributed by atoms with Crippen molar-refractivity contribution in [3.8, 4) is 5.75 Å². The highest BCUT2D eigenvalue weighted by molar-refractivity contribution is 5.78. The van der Waals surface area contributed by atoms with E-state index in [9.17, 15) is 4.39 Å². The first-order valence-electron chi connectivity index (χ1n) is 6.34. The van der Waals surface area contributed by atoms with Gasteiger partial charge >= 0.3 is 0 Å². The standard InChI is InChI=1S/C16H14FNO2/c17-13-2-1-3-14(8-13)19-10-15-7-12-5-4-11(9-18)6-16(12)20-15/h1-8H,9-10,18H2. The number of halogens is 1. The second kappa shape index (κ2) is 5.35. The summed E-state index contributed by atoms with van der Waals surface area (Å²) in [6.45, 7) is 0.738. The van der Waals surface area contributed by atoms with Crippen molar-refractivity contribution in [3.63, 3.8) is 0 Å². The number of hydrogen-bond acceptors (Lipinski definition) is 3. The second-order valence-corrected chi connectivity index (χ2v) is 4.54. The summed E-state index contributed by atoms with van der Waals surface area (Å²) in [4.78, 5) is 0. The van der Waals surface area contributed by atoms with Gasteiger partial charge in [-0.3, -0.25) is 0 Å². The summed E-state index contributed by atoms with van der Waals surface area (Å²) in [6.07, 6.45) is 0. The van der Waals surface area contributed by atoms with Crippen molar-refractivity contribution in [2.75, 3.05) is 0 Å². The Kier molecular flexibility index (Phi) is 3.39. The number of nitrogens with two attached hydrogens (primary N) is 1. The van der Waals surface area contributed by atoms with Crippen LogP contribution in [0, 0.1) is 5.82 Å². The van der Waals surface area contributed by atoms with Crippen LogP contribution < -0.4 is 10.5 Å². The van der Waals surface area contributed by atoms with E-state index in [1.807, 2.05) is 24.3 Å². The molecule has 0 unspecified atom stereocenters. The molecule has 0 atom stereocenters. The van der Waals surface area contributed by atoms with Gasteiger partial charge in [0.2, 0.25) is 0 Å². The van der Waals surface area contributed by atoms with Gasteiger partial charge in [0, 0.05) is 18.0 Å². The van der Waals surface area contributed by atoms with Gasteiger partial charge in [-0.05, 0) is 29.8 Å². The minimum atomic E-state index is -0.320. The number of fused-ring (bicyclic) bond motifs is 1. The van der Waals surface area contributed by atoms with Gasteiger partial charge in [-0.2, -0.15) is 0 Å². The molecule has 0 spiro atoms. The number of hydrogen-bond donors (Lipinski definition) is 1. The summed E-state index contributed by atoms with van der Waals surface area (Å²) in [7, 11) is 0. The van der Waals surface area contributed by atoms with Crippen molar-refractivity contribution >= 4 is 11.0 Å². The van der Waals surface area contributed by atoms with Crippen LogP contribution >= 0.6 is 0 Å². The maximum atomic E-state index is 13.0. The van der Waals surface area contributed by atoms with E-state index in [2.05, 4.69) is 0 Å². The fourth-order valence-electron chi connectivity index (χ4n) is 2.04. The zero-order chi connectivity index (χ0) is 13.9. The van der Waals surface area contributed by atoms with E-state index in [0.29, 0.717) is 18.1 Å². The summed E-state index contributed by atoms with van der Waals surface area (Å²) in [5, 5.41) is 1.00. The number of rotatable bonds is 4. The van der Waals surface area contributed by atoms with Crippen molar-refractivity contribution in [2.24, 2.45) is 5.73 Å². The highest BCUT2D eigenvalue weighted by Gasteiger charge is 2.05. The lowest BCUT2D eigenvalue weighted by Gasteiger charge is -2.03. The van der Waals surface area contributed by atoms with Crippen molar-refractivity contribution in [1.29, 1.82) is 0 Å². The minimum Gasteiger partial charge on any atom is -0.486 e. The molecule has 2 N–H and O–H groups in total. The summed E-state index contributed by atoms with van der Waals surface area (Å²) < 4.78 is 24.2. The molecule has 3 nitrogen and oxygen atoms in total. The smallest absolute Gasteiger partial charge is 0.146 e. The van der Waals surface area contributed by atoms with Gasteiger partial charge in [-0.25, -0.2) is 4.39 Å². The summed E-state index contributed by atoms with van der Waals surface area (Å²) in [5.74, 6) is 0.853. The summed E-state index contributed by atoms with van der Waals surface area (Å²) in [5.41, 5.74) is 7.40. The molecule has 0 radical (unpaired) electrons. The highest BCUT2D eigenvalue weighted by atomic mass is 19.1. The van der Waals surface area contributed by atoms with E-state index in [4.69, 9.17) is 14.9 Å². The molecule has 20 heavy (non-hydrogen) atoms. The van der Waals surface area contributed by atoms with E-state index in [0.717, 1.165) is 16.5 Å². The Morgan fingerprint density at radius 1 is 1.10 bits per heavy atom. The first-order chi connectivity index (χ1) is 9.74. The van der Waals surface area contributed by atoms with Crippen LogP contribution in [0.1, 0.15) is 11.3 Å². The molecule has 4 heteroatoms. The van der Waals surface area contributed by atoms with Crippen molar-refractivity contribution in [3.05, 3.63) is 65.7 Å². The zero-order valence-electron chi connectivity index (χ0n) is 10.8. The third-order valence-corrected chi connectivity index (χ3v) is 3.05. The van der Waals surface area contributed by atoms with E-state index in [-0.39, 0.29) is 12.4 Å². The van der Waals surface area contributed by atoms with Crippen LogP contribution in [0.3, 0.4) is 0 Å². The zero-order valence-corrected chi connectivity index (χ0v) is 10.8. The van der Waals surface area contributed by atoms with Crippen LogP contribution in [0.4, 0.5) is 4.39 Å². The maximum absolute atomic E-state index is 13.0. The molecule has 3 rings (SSSR count). The molecular weight excluding hydrogens is 257 g/mol. The molecule has 3 aromatic rings. The third kappa shape index (κ3) is 2.65. The molecule has 2 aromatic carbocycles. The molecule has 0 aliphatic rings. The van der Waals surface area contributed by atoms with Crippen molar-refractivity contribution in [2.45, 2.75) is 13.2 Å². The minimum absolute atomic E-state index is 0.260. The number of benzene rings is 2. The molecule has 0 saturated heterocycles. The number of furan rings is 1. The SMILES string of the molecule is NCc1ccc2cc(COc3cccc(F)c3)oc2c1. The van der Waals surface area contributed by atoms with E-state index < -0.39 is 0 Å². The van der Waals surface area contributed by atoms with Crippen molar-refractivity contribution in [1.82, 2.24) is 0 Å². The molecule has 1 aromatic heterocycles. The van der Waals surface area contributed by atoms with Crippen LogP contribution in [0.15, 0.2) is 52.9 Å². The molecule has 0 aliphatic carbocycles. The van der Waals surface area contributed by atoms with Gasteiger partial charge in [0.15, 0.2) is 0 Å². The molecular formula is C16H14FNO2. The molecule has 0 saturated carbocycles. The Hall–Kier alpha value is -2.33. The Morgan fingerprint density at radius 2 is 2.00 bits per heavy atom. The monoisotopic (exact) mass is 271 g/mol. The Bertz CT molecular complexity index is 736. The van der Waals surface area contributed by atoms with Crippen LogP contribution in [-0.2, 0) is 13.2 Å².